The SMILES string of the molecule is CO[C@H]1CN(C(=O)CN2CCOCC2)CC[C@@]12CCCO2. The number of hydrogen-bond acceptors (Lipinski definition) is 5. The smallest absolute Gasteiger partial charge is 0.236 e. The van der Waals surface area contributed by atoms with Crippen LogP contribution in [0, 0.1) is 0 Å². The number of amides is 1. The zero-order chi connectivity index (χ0) is 14.7. The molecule has 3 aliphatic rings. The molecule has 3 fully saturated rings. The summed E-state index contributed by atoms with van der Waals surface area (Å²) in [7, 11) is 1.73. The van der Waals surface area contributed by atoms with Gasteiger partial charge in [-0.1, -0.05) is 0 Å². The molecule has 0 aromatic rings. The fourth-order valence-electron chi connectivity index (χ4n) is 3.68. The van der Waals surface area contributed by atoms with Crippen LogP contribution in [0.15, 0.2) is 0 Å². The standard InChI is InChI=1S/C15H26N2O4/c1-19-13-11-17(5-4-15(13)3-2-8-21-15)14(18)12-16-6-9-20-10-7-16/h13H,2-12H2,1H3/t13-,15-/m0/s1. The van der Waals surface area contributed by atoms with Gasteiger partial charge in [0.15, 0.2) is 0 Å². The summed E-state index contributed by atoms with van der Waals surface area (Å²) in [5.41, 5.74) is -0.148. The van der Waals surface area contributed by atoms with Crippen LogP contribution in [0.1, 0.15) is 19.3 Å². The number of hydrogen-bond donors (Lipinski definition) is 0. The molecule has 3 rings (SSSR count). The fraction of sp³-hybridized carbons (Fsp3) is 0.933. The third-order valence-corrected chi connectivity index (χ3v) is 5.01. The van der Waals surface area contributed by atoms with Gasteiger partial charge in [0.25, 0.3) is 0 Å². The number of likely N-dealkylation sites (tertiary alicyclic amines) is 1. The lowest BCUT2D eigenvalue weighted by Gasteiger charge is -2.44. The Morgan fingerprint density at radius 3 is 2.71 bits per heavy atom. The number of carbonyl (C=O) groups excluding carboxylic acids is 1. The average molecular weight is 298 g/mol. The van der Waals surface area contributed by atoms with Gasteiger partial charge in [0, 0.05) is 39.9 Å². The molecule has 6 heteroatoms. The van der Waals surface area contributed by atoms with Crippen molar-refractivity contribution in [2.75, 3.05) is 59.7 Å². The largest absolute Gasteiger partial charge is 0.379 e. The summed E-state index contributed by atoms with van der Waals surface area (Å²) < 4.78 is 16.9. The normalized spacial score (nSPS) is 34.5. The number of ether oxygens (including phenoxy) is 3. The van der Waals surface area contributed by atoms with Crippen LogP contribution in [0.5, 0.6) is 0 Å². The van der Waals surface area contributed by atoms with E-state index in [9.17, 15) is 4.79 Å². The summed E-state index contributed by atoms with van der Waals surface area (Å²) in [5, 5.41) is 0. The molecule has 0 aliphatic carbocycles. The van der Waals surface area contributed by atoms with Gasteiger partial charge in [-0.2, -0.15) is 0 Å². The van der Waals surface area contributed by atoms with E-state index in [0.717, 1.165) is 58.7 Å². The first-order valence-corrected chi connectivity index (χ1v) is 7.98. The van der Waals surface area contributed by atoms with E-state index in [1.807, 2.05) is 4.90 Å². The first-order valence-electron chi connectivity index (χ1n) is 7.98. The van der Waals surface area contributed by atoms with E-state index in [1.165, 1.54) is 0 Å². The van der Waals surface area contributed by atoms with E-state index < -0.39 is 0 Å². The molecule has 2 atom stereocenters. The minimum absolute atomic E-state index is 0.00221. The van der Waals surface area contributed by atoms with Crippen LogP contribution >= 0.6 is 0 Å². The summed E-state index contributed by atoms with van der Waals surface area (Å²) in [5.74, 6) is 0.201. The Morgan fingerprint density at radius 2 is 2.05 bits per heavy atom. The molecular formula is C15H26N2O4. The van der Waals surface area contributed by atoms with E-state index in [2.05, 4.69) is 4.90 Å². The van der Waals surface area contributed by atoms with Crippen molar-refractivity contribution in [3.8, 4) is 0 Å². The first-order chi connectivity index (χ1) is 10.2. The average Bonchev–Trinajstić information content (AvgIpc) is 2.98. The Morgan fingerprint density at radius 1 is 1.24 bits per heavy atom. The maximum absolute atomic E-state index is 12.5. The maximum atomic E-state index is 12.5. The van der Waals surface area contributed by atoms with Crippen molar-refractivity contribution in [3.05, 3.63) is 0 Å². The summed E-state index contributed by atoms with van der Waals surface area (Å²) in [4.78, 5) is 16.6. The van der Waals surface area contributed by atoms with Crippen LogP contribution in [-0.2, 0) is 19.0 Å². The van der Waals surface area contributed by atoms with Crippen molar-refractivity contribution in [1.29, 1.82) is 0 Å². The molecule has 1 amide bonds. The Hall–Kier alpha value is -0.690. The van der Waals surface area contributed by atoms with Crippen molar-refractivity contribution in [1.82, 2.24) is 9.80 Å². The molecule has 0 N–H and O–H groups in total. The molecule has 120 valence electrons. The minimum Gasteiger partial charge on any atom is -0.379 e. The van der Waals surface area contributed by atoms with Gasteiger partial charge in [-0.3, -0.25) is 9.69 Å². The summed E-state index contributed by atoms with van der Waals surface area (Å²) in [6.07, 6.45) is 3.04. The molecule has 1 spiro atoms. The molecule has 0 aromatic heterocycles. The highest BCUT2D eigenvalue weighted by Crippen LogP contribution is 2.37. The lowest BCUT2D eigenvalue weighted by atomic mass is 9.86. The molecule has 0 radical (unpaired) electrons. The topological polar surface area (TPSA) is 51.2 Å². The van der Waals surface area contributed by atoms with Crippen molar-refractivity contribution in [2.45, 2.75) is 31.0 Å². The summed E-state index contributed by atoms with van der Waals surface area (Å²) >= 11 is 0. The van der Waals surface area contributed by atoms with Crippen LogP contribution in [0.2, 0.25) is 0 Å². The van der Waals surface area contributed by atoms with E-state index in [1.54, 1.807) is 7.11 Å². The molecule has 0 unspecified atom stereocenters. The second kappa shape index (κ2) is 6.60. The predicted octanol–water partition coefficient (Wildman–Crippen LogP) is 0.115. The second-order valence-corrected chi connectivity index (χ2v) is 6.22. The highest BCUT2D eigenvalue weighted by atomic mass is 16.6. The molecule has 3 heterocycles. The van der Waals surface area contributed by atoms with Gasteiger partial charge in [-0.05, 0) is 19.3 Å². The van der Waals surface area contributed by atoms with E-state index in [4.69, 9.17) is 14.2 Å². The Kier molecular flexibility index (Phi) is 4.78. The second-order valence-electron chi connectivity index (χ2n) is 6.22. The zero-order valence-corrected chi connectivity index (χ0v) is 12.9. The number of morpholine rings is 1. The van der Waals surface area contributed by atoms with Gasteiger partial charge in [-0.25, -0.2) is 0 Å². The van der Waals surface area contributed by atoms with Crippen LogP contribution < -0.4 is 0 Å². The molecule has 3 saturated heterocycles. The third kappa shape index (κ3) is 3.23. The number of carbonyl (C=O) groups is 1. The quantitative estimate of drug-likeness (QED) is 0.740. The Labute approximate surface area is 126 Å². The lowest BCUT2D eigenvalue weighted by molar-refractivity contribution is -0.159. The number of piperidine rings is 1. The summed E-state index contributed by atoms with van der Waals surface area (Å²) in [6, 6.07) is 0. The van der Waals surface area contributed by atoms with Gasteiger partial charge < -0.3 is 19.1 Å². The fourth-order valence-corrected chi connectivity index (χ4v) is 3.68. The van der Waals surface area contributed by atoms with E-state index in [-0.39, 0.29) is 17.6 Å². The molecule has 0 aromatic carbocycles. The van der Waals surface area contributed by atoms with E-state index >= 15 is 0 Å². The third-order valence-electron chi connectivity index (χ3n) is 5.01. The van der Waals surface area contributed by atoms with Gasteiger partial charge in [0.1, 0.15) is 6.10 Å². The van der Waals surface area contributed by atoms with Crippen molar-refractivity contribution >= 4 is 5.91 Å². The Balaban J connectivity index is 1.55. The minimum atomic E-state index is -0.148. The molecule has 6 nitrogen and oxygen atoms in total. The van der Waals surface area contributed by atoms with Crippen LogP contribution in [0.25, 0.3) is 0 Å². The highest BCUT2D eigenvalue weighted by molar-refractivity contribution is 5.78. The Bertz CT molecular complexity index is 365. The molecule has 3 aliphatic heterocycles. The predicted molar refractivity (Wildman–Crippen MR) is 77.2 cm³/mol. The number of nitrogens with zero attached hydrogens (tertiary/aromatic N) is 2. The van der Waals surface area contributed by atoms with Gasteiger partial charge >= 0.3 is 0 Å². The van der Waals surface area contributed by atoms with Crippen molar-refractivity contribution in [3.63, 3.8) is 0 Å². The van der Waals surface area contributed by atoms with Gasteiger partial charge in [0.2, 0.25) is 5.91 Å². The lowest BCUT2D eigenvalue weighted by Crippen LogP contribution is -2.58. The molecular weight excluding hydrogens is 272 g/mol. The highest BCUT2D eigenvalue weighted by Gasteiger charge is 2.47. The number of rotatable bonds is 3. The maximum Gasteiger partial charge on any atom is 0.236 e. The van der Waals surface area contributed by atoms with Crippen molar-refractivity contribution < 1.29 is 19.0 Å². The number of methoxy groups -OCH3 is 1. The molecule has 0 bridgehead atoms. The molecule has 21 heavy (non-hydrogen) atoms. The van der Waals surface area contributed by atoms with Crippen LogP contribution in [0.3, 0.4) is 0 Å². The van der Waals surface area contributed by atoms with Crippen molar-refractivity contribution in [2.24, 2.45) is 0 Å². The van der Waals surface area contributed by atoms with Crippen LogP contribution in [0.4, 0.5) is 0 Å². The zero-order valence-electron chi connectivity index (χ0n) is 12.9. The van der Waals surface area contributed by atoms with Gasteiger partial charge in [0.05, 0.1) is 25.4 Å². The van der Waals surface area contributed by atoms with Gasteiger partial charge in [-0.15, -0.1) is 0 Å². The first kappa shape index (κ1) is 15.2. The monoisotopic (exact) mass is 298 g/mol. The van der Waals surface area contributed by atoms with Crippen LogP contribution in [-0.4, -0.2) is 87.1 Å². The molecule has 0 saturated carbocycles. The van der Waals surface area contributed by atoms with E-state index in [0.29, 0.717) is 13.1 Å². The summed E-state index contributed by atoms with van der Waals surface area (Å²) in [6.45, 7) is 5.90.